The van der Waals surface area contributed by atoms with E-state index in [1.807, 2.05) is 13.8 Å². The number of carbonyl (C=O) groups is 1. The zero-order chi connectivity index (χ0) is 23.1. The highest BCUT2D eigenvalue weighted by Gasteiger charge is 2.12. The fourth-order valence-corrected chi connectivity index (χ4v) is 2.84. The monoisotopic (exact) mass is 444 g/mol. The van der Waals surface area contributed by atoms with Crippen molar-refractivity contribution in [2.45, 2.75) is 27.1 Å². The number of carbonyl (C=O) groups excluding carboxylic acids is 1. The Labute approximate surface area is 183 Å². The summed E-state index contributed by atoms with van der Waals surface area (Å²) in [6.45, 7) is 1.05. The zero-order valence-corrected chi connectivity index (χ0v) is 17.7. The van der Waals surface area contributed by atoms with Crippen LogP contribution in [0.1, 0.15) is 22.6 Å². The van der Waals surface area contributed by atoms with E-state index in [1.165, 1.54) is 37.5 Å². The highest BCUT2D eigenvalue weighted by molar-refractivity contribution is 6.01. The number of ether oxygens (including phenoxy) is 3. The van der Waals surface area contributed by atoms with Gasteiger partial charge in [-0.05, 0) is 61.9 Å². The van der Waals surface area contributed by atoms with Gasteiger partial charge in [-0.1, -0.05) is 11.2 Å². The van der Waals surface area contributed by atoms with Crippen LogP contribution in [0.4, 0.5) is 14.5 Å². The molecular formula is C23H22F2N2O5. The number of nitrogens with one attached hydrogen (secondary N) is 1. The molecule has 0 bridgehead atoms. The van der Waals surface area contributed by atoms with Crippen molar-refractivity contribution in [3.8, 4) is 17.2 Å². The second kappa shape index (κ2) is 10.4. The molecule has 0 aliphatic carbocycles. The summed E-state index contributed by atoms with van der Waals surface area (Å²) in [5.74, 6) is 1.37. The predicted octanol–water partition coefficient (Wildman–Crippen LogP) is 5.13. The Morgan fingerprint density at radius 2 is 1.91 bits per heavy atom. The summed E-state index contributed by atoms with van der Waals surface area (Å²) in [6.07, 6.45) is 2.97. The van der Waals surface area contributed by atoms with Gasteiger partial charge >= 0.3 is 6.61 Å². The molecule has 1 N–H and O–H groups in total. The Hall–Kier alpha value is -3.88. The van der Waals surface area contributed by atoms with Crippen molar-refractivity contribution in [2.24, 2.45) is 0 Å². The topological polar surface area (TPSA) is 82.8 Å². The van der Waals surface area contributed by atoms with Crippen LogP contribution in [-0.2, 0) is 11.4 Å². The summed E-state index contributed by atoms with van der Waals surface area (Å²) >= 11 is 0. The molecule has 0 saturated carbocycles. The number of hydrogen-bond acceptors (Lipinski definition) is 6. The lowest BCUT2D eigenvalue weighted by Crippen LogP contribution is -2.08. The van der Waals surface area contributed by atoms with Crippen LogP contribution in [0, 0.1) is 13.8 Å². The van der Waals surface area contributed by atoms with Gasteiger partial charge in [-0.25, -0.2) is 0 Å². The van der Waals surface area contributed by atoms with E-state index in [0.29, 0.717) is 22.9 Å². The zero-order valence-electron chi connectivity index (χ0n) is 17.7. The molecule has 7 nitrogen and oxygen atoms in total. The van der Waals surface area contributed by atoms with Crippen LogP contribution in [0.3, 0.4) is 0 Å². The van der Waals surface area contributed by atoms with E-state index in [9.17, 15) is 13.6 Å². The quantitative estimate of drug-likeness (QED) is 0.461. The second-order valence-corrected chi connectivity index (χ2v) is 6.73. The van der Waals surface area contributed by atoms with E-state index in [-0.39, 0.29) is 18.3 Å². The summed E-state index contributed by atoms with van der Waals surface area (Å²) < 4.78 is 45.0. The van der Waals surface area contributed by atoms with E-state index in [0.717, 1.165) is 16.8 Å². The van der Waals surface area contributed by atoms with Crippen LogP contribution < -0.4 is 19.5 Å². The van der Waals surface area contributed by atoms with E-state index in [1.54, 1.807) is 24.3 Å². The van der Waals surface area contributed by atoms with E-state index >= 15 is 0 Å². The minimum atomic E-state index is -2.90. The van der Waals surface area contributed by atoms with Crippen LogP contribution in [0.15, 0.2) is 53.1 Å². The van der Waals surface area contributed by atoms with Crippen molar-refractivity contribution in [1.29, 1.82) is 0 Å². The van der Waals surface area contributed by atoms with Crippen molar-refractivity contribution < 1.29 is 32.3 Å². The first-order chi connectivity index (χ1) is 15.4. The van der Waals surface area contributed by atoms with Crippen molar-refractivity contribution >= 4 is 17.7 Å². The van der Waals surface area contributed by atoms with Gasteiger partial charge in [0.2, 0.25) is 5.91 Å². The number of nitrogens with zero attached hydrogens (tertiary/aromatic N) is 1. The van der Waals surface area contributed by atoms with Gasteiger partial charge in [0.15, 0.2) is 11.5 Å². The van der Waals surface area contributed by atoms with Gasteiger partial charge < -0.3 is 24.1 Å². The lowest BCUT2D eigenvalue weighted by Gasteiger charge is -2.11. The Balaban J connectivity index is 1.60. The minimum Gasteiger partial charge on any atom is -0.493 e. The first-order valence-electron chi connectivity index (χ1n) is 9.62. The van der Waals surface area contributed by atoms with E-state index < -0.39 is 6.61 Å². The number of benzene rings is 2. The number of amides is 1. The largest absolute Gasteiger partial charge is 0.493 e. The first-order valence-corrected chi connectivity index (χ1v) is 9.62. The van der Waals surface area contributed by atoms with Crippen LogP contribution in [0.5, 0.6) is 17.2 Å². The molecule has 0 atom stereocenters. The number of halogens is 2. The highest BCUT2D eigenvalue weighted by atomic mass is 19.3. The molecule has 0 unspecified atom stereocenters. The maximum Gasteiger partial charge on any atom is 0.387 e. The number of methoxy groups -OCH3 is 1. The smallest absolute Gasteiger partial charge is 0.387 e. The molecule has 2 aromatic carbocycles. The van der Waals surface area contributed by atoms with Gasteiger partial charge in [0.05, 0.1) is 18.4 Å². The Morgan fingerprint density at radius 3 is 2.53 bits per heavy atom. The fraction of sp³-hybridized carbons (Fsp3) is 0.217. The molecule has 1 amide bonds. The van der Waals surface area contributed by atoms with Gasteiger partial charge in [0.25, 0.3) is 0 Å². The van der Waals surface area contributed by atoms with E-state index in [4.69, 9.17) is 14.0 Å². The Kier molecular flexibility index (Phi) is 7.43. The third-order valence-corrected chi connectivity index (χ3v) is 4.52. The summed E-state index contributed by atoms with van der Waals surface area (Å²) in [4.78, 5) is 12.1. The number of aromatic nitrogens is 1. The molecule has 0 fully saturated rings. The average Bonchev–Trinajstić information content (AvgIpc) is 3.09. The number of rotatable bonds is 9. The lowest BCUT2D eigenvalue weighted by molar-refractivity contribution is -0.111. The molecule has 0 radical (unpaired) electrons. The first kappa shape index (κ1) is 22.8. The lowest BCUT2D eigenvalue weighted by atomic mass is 10.1. The van der Waals surface area contributed by atoms with Gasteiger partial charge in [0.1, 0.15) is 18.1 Å². The molecule has 32 heavy (non-hydrogen) atoms. The number of aryl methyl sites for hydroxylation is 2. The van der Waals surface area contributed by atoms with Gasteiger partial charge in [0, 0.05) is 11.8 Å². The van der Waals surface area contributed by atoms with Crippen molar-refractivity contribution in [3.05, 3.63) is 71.1 Å². The van der Waals surface area contributed by atoms with Crippen LogP contribution >= 0.6 is 0 Å². The van der Waals surface area contributed by atoms with Crippen molar-refractivity contribution in [2.75, 3.05) is 12.4 Å². The molecule has 0 saturated heterocycles. The van der Waals surface area contributed by atoms with E-state index in [2.05, 4.69) is 15.2 Å². The molecule has 3 rings (SSSR count). The van der Waals surface area contributed by atoms with Crippen LogP contribution in [0.2, 0.25) is 0 Å². The molecule has 1 aromatic heterocycles. The maximum atomic E-state index is 12.2. The standard InChI is InChI=1S/C23H22F2N2O5/c1-14-19(15(2)32-27-14)13-30-20-10-4-16(12-21(20)29-3)5-11-22(28)26-17-6-8-18(9-7-17)31-23(24)25/h4-12,23H,13H2,1-3H3,(H,26,28)/b11-5+. The maximum absolute atomic E-state index is 12.2. The predicted molar refractivity (Wildman–Crippen MR) is 114 cm³/mol. The number of anilines is 1. The van der Waals surface area contributed by atoms with Crippen LogP contribution in [-0.4, -0.2) is 24.8 Å². The number of hydrogen-bond donors (Lipinski definition) is 1. The third-order valence-electron chi connectivity index (χ3n) is 4.52. The molecule has 0 aliphatic heterocycles. The molecule has 1 heterocycles. The SMILES string of the molecule is COc1cc(/C=C/C(=O)Nc2ccc(OC(F)F)cc2)ccc1OCc1c(C)noc1C. The number of alkyl halides is 2. The molecule has 168 valence electrons. The molecular weight excluding hydrogens is 422 g/mol. The third kappa shape index (κ3) is 6.07. The Bertz CT molecular complexity index is 1070. The fourth-order valence-electron chi connectivity index (χ4n) is 2.84. The molecule has 9 heteroatoms. The molecule has 0 spiro atoms. The highest BCUT2D eigenvalue weighted by Crippen LogP contribution is 2.30. The van der Waals surface area contributed by atoms with Crippen molar-refractivity contribution in [1.82, 2.24) is 5.16 Å². The van der Waals surface area contributed by atoms with Crippen molar-refractivity contribution in [3.63, 3.8) is 0 Å². The summed E-state index contributed by atoms with van der Waals surface area (Å²) in [5, 5.41) is 6.54. The van der Waals surface area contributed by atoms with Gasteiger partial charge in [-0.15, -0.1) is 0 Å². The normalized spacial score (nSPS) is 11.1. The van der Waals surface area contributed by atoms with Gasteiger partial charge in [-0.2, -0.15) is 8.78 Å². The van der Waals surface area contributed by atoms with Crippen LogP contribution in [0.25, 0.3) is 6.08 Å². The second-order valence-electron chi connectivity index (χ2n) is 6.73. The Morgan fingerprint density at radius 1 is 1.16 bits per heavy atom. The summed E-state index contributed by atoms with van der Waals surface area (Å²) in [5.41, 5.74) is 2.81. The molecule has 0 aliphatic rings. The average molecular weight is 444 g/mol. The summed E-state index contributed by atoms with van der Waals surface area (Å²) in [7, 11) is 1.53. The summed E-state index contributed by atoms with van der Waals surface area (Å²) in [6, 6.07) is 10.9. The van der Waals surface area contributed by atoms with Gasteiger partial charge in [-0.3, -0.25) is 4.79 Å². The minimum absolute atomic E-state index is 0.0114. The molecule has 3 aromatic rings.